The number of guanidine groups is 1. The minimum absolute atomic E-state index is 0.0349. The van der Waals surface area contributed by atoms with Crippen molar-refractivity contribution in [3.63, 3.8) is 0 Å². The van der Waals surface area contributed by atoms with Gasteiger partial charge in [0.15, 0.2) is 5.96 Å². The van der Waals surface area contributed by atoms with Gasteiger partial charge in [-0.2, -0.15) is 5.10 Å². The summed E-state index contributed by atoms with van der Waals surface area (Å²) in [6.07, 6.45) is 4.87. The lowest BCUT2D eigenvalue weighted by Crippen LogP contribution is -2.48. The maximum atomic E-state index is 5.94. The quantitative estimate of drug-likeness (QED) is 0.639. The van der Waals surface area contributed by atoms with E-state index < -0.39 is 0 Å². The molecular formula is C18H28N6OS. The van der Waals surface area contributed by atoms with Crippen molar-refractivity contribution < 1.29 is 4.74 Å². The molecule has 0 saturated carbocycles. The summed E-state index contributed by atoms with van der Waals surface area (Å²) < 4.78 is 7.76. The third-order valence-electron chi connectivity index (χ3n) is 4.40. The summed E-state index contributed by atoms with van der Waals surface area (Å²) in [5.74, 6) is 0.962. The second kappa shape index (κ2) is 8.64. The molecule has 3 rings (SSSR count). The highest BCUT2D eigenvalue weighted by Gasteiger charge is 2.25. The number of aromatic nitrogens is 3. The van der Waals surface area contributed by atoms with Gasteiger partial charge in [0.25, 0.3) is 0 Å². The third kappa shape index (κ3) is 4.62. The maximum Gasteiger partial charge on any atom is 0.194 e. The molecule has 1 aliphatic heterocycles. The second-order valence-electron chi connectivity index (χ2n) is 6.48. The zero-order valence-electron chi connectivity index (χ0n) is 16.0. The highest BCUT2D eigenvalue weighted by Crippen LogP contribution is 2.22. The zero-order valence-corrected chi connectivity index (χ0v) is 16.8. The van der Waals surface area contributed by atoms with E-state index >= 15 is 0 Å². The molecule has 2 aromatic heterocycles. The van der Waals surface area contributed by atoms with Crippen LogP contribution in [0.5, 0.6) is 0 Å². The number of hydrogen-bond donors (Lipinski definition) is 1. The molecule has 1 N–H and O–H groups in total. The largest absolute Gasteiger partial charge is 0.370 e. The van der Waals surface area contributed by atoms with Crippen molar-refractivity contribution >= 4 is 17.3 Å². The Balaban J connectivity index is 1.65. The van der Waals surface area contributed by atoms with Gasteiger partial charge in [-0.3, -0.25) is 9.67 Å². The van der Waals surface area contributed by atoms with Gasteiger partial charge in [-0.25, -0.2) is 4.98 Å². The number of aryl methyl sites for hydroxylation is 3. The Morgan fingerprint density at radius 2 is 2.31 bits per heavy atom. The fraction of sp³-hybridized carbons (Fsp3) is 0.611. The normalized spacial score (nSPS) is 18.4. The fourth-order valence-electron chi connectivity index (χ4n) is 3.14. The Morgan fingerprint density at radius 3 is 2.96 bits per heavy atom. The van der Waals surface area contributed by atoms with Crippen LogP contribution in [0.3, 0.4) is 0 Å². The van der Waals surface area contributed by atoms with Crippen LogP contribution in [-0.2, 0) is 18.2 Å². The molecule has 0 aliphatic carbocycles. The Bertz CT molecular complexity index is 753. The minimum Gasteiger partial charge on any atom is -0.370 e. The molecule has 142 valence electrons. The summed E-state index contributed by atoms with van der Waals surface area (Å²) in [5.41, 5.74) is 2.25. The van der Waals surface area contributed by atoms with Gasteiger partial charge >= 0.3 is 0 Å². The molecule has 1 atom stereocenters. The van der Waals surface area contributed by atoms with Crippen molar-refractivity contribution in [3.05, 3.63) is 33.5 Å². The molecule has 0 amide bonds. The summed E-state index contributed by atoms with van der Waals surface area (Å²) in [6, 6.07) is 0. The molecule has 2 aromatic rings. The van der Waals surface area contributed by atoms with E-state index in [1.807, 2.05) is 24.1 Å². The van der Waals surface area contributed by atoms with Crippen molar-refractivity contribution in [2.24, 2.45) is 12.0 Å². The van der Waals surface area contributed by atoms with E-state index in [4.69, 9.17) is 9.73 Å². The first-order valence-corrected chi connectivity index (χ1v) is 9.94. The van der Waals surface area contributed by atoms with Crippen molar-refractivity contribution in [2.75, 3.05) is 32.8 Å². The van der Waals surface area contributed by atoms with Gasteiger partial charge in [-0.05, 0) is 20.8 Å². The molecule has 8 heteroatoms. The summed E-state index contributed by atoms with van der Waals surface area (Å²) in [5, 5.41) is 8.81. The van der Waals surface area contributed by atoms with E-state index in [0.717, 1.165) is 54.8 Å². The topological polar surface area (TPSA) is 67.6 Å². The summed E-state index contributed by atoms with van der Waals surface area (Å²) in [6.45, 7) is 10.2. The molecule has 1 saturated heterocycles. The molecule has 1 unspecified atom stereocenters. The first kappa shape index (κ1) is 18.8. The van der Waals surface area contributed by atoms with E-state index in [2.05, 4.69) is 41.1 Å². The van der Waals surface area contributed by atoms with Gasteiger partial charge < -0.3 is 15.0 Å². The molecule has 0 aromatic carbocycles. The van der Waals surface area contributed by atoms with Crippen molar-refractivity contribution in [2.45, 2.75) is 33.3 Å². The van der Waals surface area contributed by atoms with Gasteiger partial charge in [0.1, 0.15) is 6.10 Å². The average molecular weight is 377 g/mol. The highest BCUT2D eigenvalue weighted by molar-refractivity contribution is 7.11. The molecule has 0 radical (unpaired) electrons. The lowest BCUT2D eigenvalue weighted by Gasteiger charge is -2.34. The highest BCUT2D eigenvalue weighted by atomic mass is 32.1. The summed E-state index contributed by atoms with van der Waals surface area (Å²) in [7, 11) is 1.93. The Kier molecular flexibility index (Phi) is 6.26. The van der Waals surface area contributed by atoms with Crippen LogP contribution in [0.1, 0.15) is 34.2 Å². The number of ether oxygens (including phenoxy) is 1. The van der Waals surface area contributed by atoms with E-state index in [0.29, 0.717) is 6.61 Å². The van der Waals surface area contributed by atoms with E-state index in [1.54, 1.807) is 11.3 Å². The molecule has 0 spiro atoms. The van der Waals surface area contributed by atoms with E-state index in [9.17, 15) is 0 Å². The minimum atomic E-state index is 0.0349. The predicted molar refractivity (Wildman–Crippen MR) is 105 cm³/mol. The second-order valence-corrected chi connectivity index (χ2v) is 7.77. The van der Waals surface area contributed by atoms with Crippen molar-refractivity contribution in [3.8, 4) is 0 Å². The van der Waals surface area contributed by atoms with Crippen molar-refractivity contribution in [1.29, 1.82) is 0 Å². The number of rotatable bonds is 5. The third-order valence-corrected chi connectivity index (χ3v) is 5.53. The van der Waals surface area contributed by atoms with Crippen LogP contribution in [0.4, 0.5) is 0 Å². The van der Waals surface area contributed by atoms with Crippen molar-refractivity contribution in [1.82, 2.24) is 25.0 Å². The number of nitrogens with zero attached hydrogens (tertiary/aromatic N) is 5. The molecule has 0 bridgehead atoms. The average Bonchev–Trinajstić information content (AvgIpc) is 3.19. The van der Waals surface area contributed by atoms with Gasteiger partial charge in [0, 0.05) is 49.7 Å². The lowest BCUT2D eigenvalue weighted by molar-refractivity contribution is -0.00803. The Hall–Kier alpha value is -1.93. The smallest absolute Gasteiger partial charge is 0.194 e. The Labute approximate surface area is 159 Å². The van der Waals surface area contributed by atoms with Crippen LogP contribution in [0.25, 0.3) is 0 Å². The number of aliphatic imine (C=N–C) groups is 1. The van der Waals surface area contributed by atoms with E-state index in [1.165, 1.54) is 4.88 Å². The van der Waals surface area contributed by atoms with Crippen LogP contribution >= 0.6 is 11.3 Å². The van der Waals surface area contributed by atoms with Crippen LogP contribution in [0.15, 0.2) is 17.4 Å². The molecule has 7 nitrogen and oxygen atoms in total. The van der Waals surface area contributed by atoms with Crippen LogP contribution in [0, 0.1) is 13.8 Å². The van der Waals surface area contributed by atoms with Crippen LogP contribution in [0.2, 0.25) is 0 Å². The van der Waals surface area contributed by atoms with Gasteiger partial charge in [0.05, 0.1) is 30.1 Å². The van der Waals surface area contributed by atoms with Gasteiger partial charge in [0.2, 0.25) is 0 Å². The molecule has 26 heavy (non-hydrogen) atoms. The SMILES string of the molecule is CCNC(=NCCc1sc(C)nc1C)N1CCOC(c2cnn(C)c2)C1. The first-order valence-electron chi connectivity index (χ1n) is 9.13. The van der Waals surface area contributed by atoms with Crippen LogP contribution in [-0.4, -0.2) is 58.4 Å². The number of thiazole rings is 1. The number of hydrogen-bond acceptors (Lipinski definition) is 5. The van der Waals surface area contributed by atoms with E-state index in [-0.39, 0.29) is 6.10 Å². The standard InChI is InChI=1S/C18H28N6OS/c1-5-19-18(20-7-6-17-13(2)22-14(3)26-17)24-8-9-25-16(12-24)15-10-21-23(4)11-15/h10-11,16H,5-9,12H2,1-4H3,(H,19,20). The maximum absolute atomic E-state index is 5.94. The molecule has 3 heterocycles. The zero-order chi connectivity index (χ0) is 18.5. The van der Waals surface area contributed by atoms with Crippen LogP contribution < -0.4 is 5.32 Å². The molecule has 1 fully saturated rings. The number of morpholine rings is 1. The predicted octanol–water partition coefficient (Wildman–Crippen LogP) is 2.07. The monoisotopic (exact) mass is 376 g/mol. The summed E-state index contributed by atoms with van der Waals surface area (Å²) >= 11 is 1.77. The number of nitrogens with one attached hydrogen (secondary N) is 1. The molecule has 1 aliphatic rings. The molecular weight excluding hydrogens is 348 g/mol. The fourth-order valence-corrected chi connectivity index (χ4v) is 4.07. The lowest BCUT2D eigenvalue weighted by atomic mass is 10.1. The van der Waals surface area contributed by atoms with Gasteiger partial charge in [-0.1, -0.05) is 0 Å². The first-order chi connectivity index (χ1) is 12.6. The Morgan fingerprint density at radius 1 is 1.46 bits per heavy atom. The van der Waals surface area contributed by atoms with Gasteiger partial charge in [-0.15, -0.1) is 11.3 Å². The summed E-state index contributed by atoms with van der Waals surface area (Å²) in [4.78, 5) is 13.0.